The molecule has 17 heavy (non-hydrogen) atoms. The van der Waals surface area contributed by atoms with Crippen molar-refractivity contribution in [3.8, 4) is 0 Å². The number of nitrogens with two attached hydrogens (primary N) is 1. The number of carbonyl (C=O) groups is 2. The molecule has 0 aromatic carbocycles. The molecule has 0 aromatic rings. The Balaban J connectivity index is 2.88. The van der Waals surface area contributed by atoms with E-state index in [1.165, 1.54) is 6.21 Å². The van der Waals surface area contributed by atoms with E-state index in [-0.39, 0.29) is 17.6 Å². The molecule has 5 nitrogen and oxygen atoms in total. The number of urea groups is 1. The lowest BCUT2D eigenvalue weighted by atomic mass is 9.82. The van der Waals surface area contributed by atoms with E-state index in [9.17, 15) is 9.59 Å². The van der Waals surface area contributed by atoms with Gasteiger partial charge in [0.1, 0.15) is 0 Å². The molecule has 1 rings (SSSR count). The van der Waals surface area contributed by atoms with Crippen LogP contribution in [0.1, 0.15) is 20.8 Å². The first kappa shape index (κ1) is 13.2. The third kappa shape index (κ3) is 3.27. The molecule has 0 bridgehead atoms. The van der Waals surface area contributed by atoms with Gasteiger partial charge >= 0.3 is 6.03 Å². The second kappa shape index (κ2) is 5.43. The number of nitrogens with one attached hydrogen (secondary N) is 1. The second-order valence-electron chi connectivity index (χ2n) is 4.32. The Morgan fingerprint density at radius 3 is 2.76 bits per heavy atom. The maximum absolute atomic E-state index is 12.1. The van der Waals surface area contributed by atoms with E-state index in [0.29, 0.717) is 5.57 Å². The van der Waals surface area contributed by atoms with Crippen molar-refractivity contribution in [3.63, 3.8) is 0 Å². The fourth-order valence-corrected chi connectivity index (χ4v) is 1.65. The van der Waals surface area contributed by atoms with Gasteiger partial charge in [-0.15, -0.1) is 0 Å². The zero-order chi connectivity index (χ0) is 13.0. The minimum atomic E-state index is -0.751. The topological polar surface area (TPSA) is 84.5 Å². The van der Waals surface area contributed by atoms with E-state index < -0.39 is 6.03 Å². The molecule has 0 spiro atoms. The van der Waals surface area contributed by atoms with Crippen LogP contribution in [0.15, 0.2) is 28.4 Å². The molecule has 1 atom stereocenters. The summed E-state index contributed by atoms with van der Waals surface area (Å²) in [7, 11) is 0. The van der Waals surface area contributed by atoms with Gasteiger partial charge in [0, 0.05) is 11.5 Å². The van der Waals surface area contributed by atoms with Gasteiger partial charge in [0.05, 0.1) is 6.21 Å². The molecule has 0 saturated heterocycles. The van der Waals surface area contributed by atoms with Gasteiger partial charge in [-0.05, 0) is 18.4 Å². The molecule has 92 valence electrons. The van der Waals surface area contributed by atoms with Gasteiger partial charge in [0.25, 0.3) is 0 Å². The Labute approximate surface area is 100 Å². The van der Waals surface area contributed by atoms with Gasteiger partial charge in [-0.25, -0.2) is 10.2 Å². The fraction of sp³-hybridized carbons (Fsp3) is 0.417. The van der Waals surface area contributed by atoms with Crippen LogP contribution < -0.4 is 11.2 Å². The van der Waals surface area contributed by atoms with Crippen molar-refractivity contribution in [2.24, 2.45) is 22.7 Å². The Morgan fingerprint density at radius 2 is 2.24 bits per heavy atom. The maximum atomic E-state index is 12.1. The monoisotopic (exact) mass is 235 g/mol. The fourth-order valence-electron chi connectivity index (χ4n) is 1.65. The largest absolute Gasteiger partial charge is 0.350 e. The number of primary amides is 1. The average Bonchev–Trinajstić information content (AvgIpc) is 2.21. The van der Waals surface area contributed by atoms with Crippen molar-refractivity contribution in [1.82, 2.24) is 5.43 Å². The first-order chi connectivity index (χ1) is 7.93. The predicted molar refractivity (Wildman–Crippen MR) is 66.4 cm³/mol. The molecule has 3 N–H and O–H groups in total. The molecule has 0 heterocycles. The molecule has 0 saturated carbocycles. The van der Waals surface area contributed by atoms with Crippen LogP contribution in [0.2, 0.25) is 0 Å². The third-order valence-corrected chi connectivity index (χ3v) is 2.63. The summed E-state index contributed by atoms with van der Waals surface area (Å²) in [5.74, 6) is 0.128. The van der Waals surface area contributed by atoms with E-state index in [4.69, 9.17) is 5.73 Å². The number of Topliss-reactive ketones (excluding diaryl/α,β-unsaturated/α-hetero) is 1. The number of hydrogen-bond acceptors (Lipinski definition) is 3. The smallest absolute Gasteiger partial charge is 0.332 e. The summed E-state index contributed by atoms with van der Waals surface area (Å²) >= 11 is 0. The maximum Gasteiger partial charge on any atom is 0.332 e. The standard InChI is InChI=1S/C12H17N3O2/c1-7(2)9-5-4-8(3)10(11(9)16)6-14-15-12(13)17/h4-7,9H,1-3H3,(H3,13,15,17). The quantitative estimate of drug-likeness (QED) is 0.572. The molecular weight excluding hydrogens is 218 g/mol. The van der Waals surface area contributed by atoms with Gasteiger partial charge in [0.2, 0.25) is 0 Å². The third-order valence-electron chi connectivity index (χ3n) is 2.63. The first-order valence-corrected chi connectivity index (χ1v) is 5.45. The van der Waals surface area contributed by atoms with E-state index in [2.05, 4.69) is 10.5 Å². The molecule has 0 aliphatic heterocycles. The van der Waals surface area contributed by atoms with E-state index in [1.807, 2.05) is 32.9 Å². The Kier molecular flexibility index (Phi) is 4.20. The van der Waals surface area contributed by atoms with Crippen molar-refractivity contribution in [2.75, 3.05) is 0 Å². The minimum Gasteiger partial charge on any atom is -0.350 e. The molecular formula is C12H17N3O2. The number of hydrazone groups is 1. The molecule has 1 aliphatic rings. The molecule has 0 radical (unpaired) electrons. The van der Waals surface area contributed by atoms with Gasteiger partial charge in [-0.2, -0.15) is 5.10 Å². The Morgan fingerprint density at radius 1 is 1.59 bits per heavy atom. The number of rotatable bonds is 3. The van der Waals surface area contributed by atoms with Gasteiger partial charge in [-0.3, -0.25) is 4.79 Å². The van der Waals surface area contributed by atoms with E-state index >= 15 is 0 Å². The molecule has 0 fully saturated rings. The molecule has 1 aliphatic carbocycles. The molecule has 0 aromatic heterocycles. The first-order valence-electron chi connectivity index (χ1n) is 5.45. The van der Waals surface area contributed by atoms with Crippen molar-refractivity contribution < 1.29 is 9.59 Å². The van der Waals surface area contributed by atoms with Crippen LogP contribution >= 0.6 is 0 Å². The van der Waals surface area contributed by atoms with Gasteiger partial charge < -0.3 is 5.73 Å². The number of allylic oxidation sites excluding steroid dienone is 4. The zero-order valence-corrected chi connectivity index (χ0v) is 10.2. The van der Waals surface area contributed by atoms with Crippen molar-refractivity contribution in [3.05, 3.63) is 23.3 Å². The second-order valence-corrected chi connectivity index (χ2v) is 4.32. The lowest BCUT2D eigenvalue weighted by Crippen LogP contribution is -2.27. The highest BCUT2D eigenvalue weighted by atomic mass is 16.2. The van der Waals surface area contributed by atoms with Crippen LogP contribution in [0.4, 0.5) is 4.79 Å². The summed E-state index contributed by atoms with van der Waals surface area (Å²) in [5.41, 5.74) is 8.30. The van der Waals surface area contributed by atoms with Crippen LogP contribution in [0.3, 0.4) is 0 Å². The summed E-state index contributed by atoms with van der Waals surface area (Å²) in [6, 6.07) is -0.751. The molecule has 1 unspecified atom stereocenters. The SMILES string of the molecule is CC1=C(C=NNC(N)=O)C(=O)C(C(C)C)C=C1. The number of amides is 2. The van der Waals surface area contributed by atoms with Crippen molar-refractivity contribution >= 4 is 18.0 Å². The summed E-state index contributed by atoms with van der Waals surface area (Å²) in [6.45, 7) is 5.81. The summed E-state index contributed by atoms with van der Waals surface area (Å²) in [5, 5.41) is 3.63. The van der Waals surface area contributed by atoms with Crippen LogP contribution in [-0.2, 0) is 4.79 Å². The van der Waals surface area contributed by atoms with E-state index in [0.717, 1.165) is 5.57 Å². The Bertz CT molecular complexity index is 419. The highest BCUT2D eigenvalue weighted by molar-refractivity contribution is 6.16. The normalized spacial score (nSPS) is 20.5. The van der Waals surface area contributed by atoms with Crippen LogP contribution in [-0.4, -0.2) is 18.0 Å². The lowest BCUT2D eigenvalue weighted by Gasteiger charge is -2.20. The summed E-state index contributed by atoms with van der Waals surface area (Å²) < 4.78 is 0. The number of nitrogens with zero attached hydrogens (tertiary/aromatic N) is 1. The highest BCUT2D eigenvalue weighted by Gasteiger charge is 2.25. The van der Waals surface area contributed by atoms with E-state index in [1.54, 1.807) is 0 Å². The molecule has 2 amide bonds. The molecule has 5 heteroatoms. The summed E-state index contributed by atoms with van der Waals surface area (Å²) in [4.78, 5) is 22.6. The summed E-state index contributed by atoms with van der Waals surface area (Å²) in [6.07, 6.45) is 5.15. The number of hydrogen-bond donors (Lipinski definition) is 2. The van der Waals surface area contributed by atoms with Gasteiger partial charge in [0.15, 0.2) is 5.78 Å². The average molecular weight is 235 g/mol. The number of ketones is 1. The van der Waals surface area contributed by atoms with Crippen LogP contribution in [0.25, 0.3) is 0 Å². The van der Waals surface area contributed by atoms with Crippen LogP contribution in [0.5, 0.6) is 0 Å². The van der Waals surface area contributed by atoms with Gasteiger partial charge in [-0.1, -0.05) is 26.0 Å². The number of carbonyl (C=O) groups excluding carboxylic acids is 2. The predicted octanol–water partition coefficient (Wildman–Crippen LogP) is 1.37. The van der Waals surface area contributed by atoms with Crippen molar-refractivity contribution in [2.45, 2.75) is 20.8 Å². The Hall–Kier alpha value is -1.91. The zero-order valence-electron chi connectivity index (χ0n) is 10.2. The highest BCUT2D eigenvalue weighted by Crippen LogP contribution is 2.24. The minimum absolute atomic E-state index is 0.0232. The lowest BCUT2D eigenvalue weighted by molar-refractivity contribution is -0.118. The van der Waals surface area contributed by atoms with Crippen molar-refractivity contribution in [1.29, 1.82) is 0 Å². The van der Waals surface area contributed by atoms with Crippen LogP contribution in [0, 0.1) is 11.8 Å².